The van der Waals surface area contributed by atoms with Gasteiger partial charge in [-0.2, -0.15) is 0 Å². The molecule has 0 aromatic rings. The number of hydrogen-bond acceptors (Lipinski definition) is 7. The quantitative estimate of drug-likeness (QED) is 0.0278. The Kier molecular flexibility index (Phi) is 85.2. The molecule has 622 valence electrons. The van der Waals surface area contributed by atoms with Gasteiger partial charge in [-0.3, -0.25) is 18.6 Å². The number of phosphoric ester groups is 1. The van der Waals surface area contributed by atoms with Gasteiger partial charge in [-0.25, -0.2) is 4.57 Å². The largest absolute Gasteiger partial charge is 0.472 e. The smallest absolute Gasteiger partial charge is 0.462 e. The number of esters is 2. The zero-order chi connectivity index (χ0) is 75.4. The lowest BCUT2D eigenvalue weighted by Gasteiger charge is -2.24. The molecule has 0 aromatic carbocycles. The first-order valence-corrected chi connectivity index (χ1v) is 49.3. The van der Waals surface area contributed by atoms with E-state index in [1.807, 2.05) is 21.1 Å². The summed E-state index contributed by atoms with van der Waals surface area (Å²) >= 11 is 0. The highest BCUT2D eigenvalue weighted by molar-refractivity contribution is 7.47. The summed E-state index contributed by atoms with van der Waals surface area (Å²) in [5, 5.41) is 0. The molecule has 2 unspecified atom stereocenters. The van der Waals surface area contributed by atoms with Crippen LogP contribution in [0.4, 0.5) is 0 Å². The van der Waals surface area contributed by atoms with Crippen LogP contribution in [0.3, 0.4) is 0 Å². The summed E-state index contributed by atoms with van der Waals surface area (Å²) in [5.74, 6) is -0.761. The predicted octanol–water partition coefficient (Wildman–Crippen LogP) is 32.3. The number of carbonyl (C=O) groups is 2. The van der Waals surface area contributed by atoms with Crippen molar-refractivity contribution in [1.82, 2.24) is 0 Å². The van der Waals surface area contributed by atoms with Gasteiger partial charge in [0.25, 0.3) is 0 Å². The van der Waals surface area contributed by atoms with Crippen LogP contribution in [0.2, 0.25) is 0 Å². The molecule has 0 radical (unpaired) electrons. The first kappa shape index (κ1) is 103. The van der Waals surface area contributed by atoms with Crippen LogP contribution in [0.1, 0.15) is 540 Å². The van der Waals surface area contributed by atoms with Crippen LogP contribution in [0.5, 0.6) is 0 Å². The van der Waals surface area contributed by atoms with E-state index >= 15 is 0 Å². The van der Waals surface area contributed by atoms with Gasteiger partial charge in [0.15, 0.2) is 6.10 Å². The number of nitrogens with zero attached hydrogens (tertiary/aromatic N) is 1. The van der Waals surface area contributed by atoms with Gasteiger partial charge in [-0.1, -0.05) is 515 Å². The van der Waals surface area contributed by atoms with Gasteiger partial charge in [0.2, 0.25) is 0 Å². The van der Waals surface area contributed by atoms with E-state index in [-0.39, 0.29) is 25.6 Å². The number of phosphoric acid groups is 1. The van der Waals surface area contributed by atoms with Crippen LogP contribution in [0, 0.1) is 0 Å². The highest BCUT2D eigenvalue weighted by Gasteiger charge is 2.27. The van der Waals surface area contributed by atoms with Crippen molar-refractivity contribution in [3.05, 3.63) is 0 Å². The average Bonchev–Trinajstić information content (AvgIpc) is 0.926. The average molecular weight is 1490 g/mol. The molecule has 0 aliphatic carbocycles. The molecule has 2 atom stereocenters. The second-order valence-electron chi connectivity index (χ2n) is 34.5. The lowest BCUT2D eigenvalue weighted by molar-refractivity contribution is -0.870. The third-order valence-electron chi connectivity index (χ3n) is 22.6. The van der Waals surface area contributed by atoms with E-state index in [9.17, 15) is 19.0 Å². The monoisotopic (exact) mass is 1490 g/mol. The van der Waals surface area contributed by atoms with Crippen LogP contribution in [-0.2, 0) is 32.7 Å². The Morgan fingerprint density at radius 2 is 0.433 bits per heavy atom. The molecule has 0 rings (SSSR count). The van der Waals surface area contributed by atoms with Crippen molar-refractivity contribution in [2.75, 3.05) is 47.5 Å². The Balaban J connectivity index is 3.78. The maximum atomic E-state index is 13.0. The maximum Gasteiger partial charge on any atom is 0.472 e. The Hall–Kier alpha value is -0.990. The third kappa shape index (κ3) is 89.9. The minimum absolute atomic E-state index is 0.0380. The van der Waals surface area contributed by atoms with E-state index in [0.29, 0.717) is 17.4 Å². The van der Waals surface area contributed by atoms with Crippen LogP contribution in [0.25, 0.3) is 0 Å². The molecule has 0 amide bonds. The van der Waals surface area contributed by atoms with Gasteiger partial charge in [0.05, 0.1) is 27.7 Å². The summed E-state index contributed by atoms with van der Waals surface area (Å²) in [6.07, 6.45) is 111. The second kappa shape index (κ2) is 86.0. The topological polar surface area (TPSA) is 108 Å². The van der Waals surface area contributed by atoms with Crippen molar-refractivity contribution in [3.8, 4) is 0 Å². The minimum atomic E-state index is -4.39. The fourth-order valence-corrected chi connectivity index (χ4v) is 16.1. The van der Waals surface area contributed by atoms with E-state index in [1.54, 1.807) is 0 Å². The summed E-state index contributed by atoms with van der Waals surface area (Å²) in [6.45, 7) is 4.56. The summed E-state index contributed by atoms with van der Waals surface area (Å²) in [4.78, 5) is 36.1. The van der Waals surface area contributed by atoms with Gasteiger partial charge in [0.1, 0.15) is 19.8 Å². The Morgan fingerprint density at radius 3 is 0.615 bits per heavy atom. The number of quaternary nitrogens is 1. The van der Waals surface area contributed by atoms with Gasteiger partial charge < -0.3 is 18.9 Å². The Bertz CT molecular complexity index is 1710. The van der Waals surface area contributed by atoms with Crippen molar-refractivity contribution in [1.29, 1.82) is 0 Å². The van der Waals surface area contributed by atoms with E-state index in [1.165, 1.54) is 475 Å². The standard InChI is InChI=1S/C94H188NO8P/c1-6-8-10-12-14-16-18-20-22-24-26-28-30-32-34-36-38-40-42-44-46-48-50-52-54-56-58-60-62-64-66-68-70-72-74-76-78-80-82-84-86-93(96)100-90-92(91-102-104(98,99)101-89-88-95(3,4)5)103-94(97)87-85-83-81-79-77-75-73-71-69-67-65-63-61-59-57-55-53-51-49-47-45-43-41-39-37-35-33-31-29-27-25-23-21-19-17-15-13-11-9-7-2/h92H,6-91H2,1-5H3/p+1. The highest BCUT2D eigenvalue weighted by Crippen LogP contribution is 2.43. The molecule has 0 saturated heterocycles. The summed E-state index contributed by atoms with van der Waals surface area (Å²) < 4.78 is 34.9. The lowest BCUT2D eigenvalue weighted by atomic mass is 10.0. The van der Waals surface area contributed by atoms with E-state index in [4.69, 9.17) is 18.5 Å². The van der Waals surface area contributed by atoms with E-state index < -0.39 is 26.5 Å². The normalized spacial score (nSPS) is 12.8. The number of likely N-dealkylation sites (N-methyl/N-ethyl adjacent to an activating group) is 1. The second-order valence-corrected chi connectivity index (χ2v) is 35.9. The Labute approximate surface area is 652 Å². The minimum Gasteiger partial charge on any atom is -0.462 e. The number of rotatable bonds is 92. The molecule has 0 bridgehead atoms. The number of unbranched alkanes of at least 4 members (excludes halogenated alkanes) is 78. The fraction of sp³-hybridized carbons (Fsp3) is 0.979. The lowest BCUT2D eigenvalue weighted by Crippen LogP contribution is -2.37. The molecule has 10 heteroatoms. The van der Waals surface area contributed by atoms with Crippen LogP contribution < -0.4 is 0 Å². The van der Waals surface area contributed by atoms with Gasteiger partial charge in [0, 0.05) is 12.8 Å². The van der Waals surface area contributed by atoms with E-state index in [0.717, 1.165) is 38.5 Å². The van der Waals surface area contributed by atoms with Crippen molar-refractivity contribution in [2.45, 2.75) is 546 Å². The van der Waals surface area contributed by atoms with Crippen molar-refractivity contribution < 1.29 is 42.1 Å². The molecule has 1 N–H and O–H groups in total. The molecule has 0 spiro atoms. The zero-order valence-electron chi connectivity index (χ0n) is 71.6. The molecule has 0 heterocycles. The van der Waals surface area contributed by atoms with Crippen LogP contribution in [0.15, 0.2) is 0 Å². The molecular formula is C94H189NO8P+. The van der Waals surface area contributed by atoms with Gasteiger partial charge >= 0.3 is 19.8 Å². The number of ether oxygens (including phenoxy) is 2. The van der Waals surface area contributed by atoms with E-state index in [2.05, 4.69) is 13.8 Å². The molecule has 9 nitrogen and oxygen atoms in total. The summed E-state index contributed by atoms with van der Waals surface area (Å²) in [6, 6.07) is 0. The van der Waals surface area contributed by atoms with Crippen LogP contribution in [-0.4, -0.2) is 74.9 Å². The van der Waals surface area contributed by atoms with Crippen molar-refractivity contribution >= 4 is 19.8 Å². The van der Waals surface area contributed by atoms with Crippen LogP contribution >= 0.6 is 7.82 Å². The third-order valence-corrected chi connectivity index (χ3v) is 23.6. The summed E-state index contributed by atoms with van der Waals surface area (Å²) in [7, 11) is 1.52. The molecule has 0 saturated carbocycles. The molecule has 0 fully saturated rings. The summed E-state index contributed by atoms with van der Waals surface area (Å²) in [5.41, 5.74) is 0. The first-order chi connectivity index (χ1) is 51.0. The molecule has 104 heavy (non-hydrogen) atoms. The highest BCUT2D eigenvalue weighted by atomic mass is 31.2. The first-order valence-electron chi connectivity index (χ1n) is 47.8. The van der Waals surface area contributed by atoms with Gasteiger partial charge in [-0.15, -0.1) is 0 Å². The van der Waals surface area contributed by atoms with Crippen molar-refractivity contribution in [2.24, 2.45) is 0 Å². The molecule has 0 aromatic heterocycles. The Morgan fingerprint density at radius 1 is 0.260 bits per heavy atom. The zero-order valence-corrected chi connectivity index (χ0v) is 72.5. The SMILES string of the molecule is CCCCCCCCCCCCCCCCCCCCCCCCCCCCCCCCCCCCCCCCCCC(=O)OCC(COP(=O)(O)OCC[N+](C)(C)C)OC(=O)CCCCCCCCCCCCCCCCCCCCCCCCCCCCCCCCCCCCCCCCCC. The number of hydrogen-bond donors (Lipinski definition) is 1. The fourth-order valence-electron chi connectivity index (χ4n) is 15.4. The molecular weight excluding hydrogens is 1300 g/mol. The molecule has 0 aliphatic heterocycles. The van der Waals surface area contributed by atoms with Gasteiger partial charge in [-0.05, 0) is 12.8 Å². The number of carbonyl (C=O) groups excluding carboxylic acids is 2. The predicted molar refractivity (Wildman–Crippen MR) is 455 cm³/mol. The molecule has 0 aliphatic rings. The van der Waals surface area contributed by atoms with Crippen molar-refractivity contribution in [3.63, 3.8) is 0 Å². The maximum absolute atomic E-state index is 13.0.